The van der Waals surface area contributed by atoms with E-state index in [0.717, 1.165) is 33.4 Å². The van der Waals surface area contributed by atoms with E-state index >= 15 is 0 Å². The van der Waals surface area contributed by atoms with E-state index in [1.807, 2.05) is 67.6 Å². The molecule has 2 aromatic carbocycles. The van der Waals surface area contributed by atoms with Crippen molar-refractivity contribution in [2.24, 2.45) is 0 Å². The van der Waals surface area contributed by atoms with E-state index in [1.165, 1.54) is 0 Å². The monoisotopic (exact) mass is 398 g/mol. The first kappa shape index (κ1) is 19.8. The number of aryl methyl sites for hydroxylation is 1. The van der Waals surface area contributed by atoms with Crippen LogP contribution >= 0.6 is 0 Å². The lowest BCUT2D eigenvalue weighted by atomic mass is 9.92. The van der Waals surface area contributed by atoms with Crippen molar-refractivity contribution in [3.05, 3.63) is 89.4 Å². The van der Waals surface area contributed by atoms with Crippen LogP contribution in [0.25, 0.3) is 10.9 Å². The third kappa shape index (κ3) is 3.96. The first-order chi connectivity index (χ1) is 14.3. The van der Waals surface area contributed by atoms with Crippen LogP contribution in [0.5, 0.6) is 0 Å². The normalized spacial score (nSPS) is 11.6. The van der Waals surface area contributed by atoms with Crippen LogP contribution in [0.3, 0.4) is 0 Å². The number of aromatic nitrogens is 3. The van der Waals surface area contributed by atoms with Crippen molar-refractivity contribution in [3.63, 3.8) is 0 Å². The van der Waals surface area contributed by atoms with Crippen molar-refractivity contribution in [3.8, 4) is 0 Å². The summed E-state index contributed by atoms with van der Waals surface area (Å²) in [4.78, 5) is 17.8. The van der Waals surface area contributed by atoms with Gasteiger partial charge >= 0.3 is 0 Å². The van der Waals surface area contributed by atoms with E-state index in [9.17, 15) is 4.79 Å². The number of anilines is 1. The molecule has 0 spiro atoms. The molecule has 0 saturated carbocycles. The zero-order valence-corrected chi connectivity index (χ0v) is 17.8. The quantitative estimate of drug-likeness (QED) is 0.505. The van der Waals surface area contributed by atoms with Gasteiger partial charge in [-0.2, -0.15) is 5.10 Å². The third-order valence-corrected chi connectivity index (χ3v) is 5.16. The van der Waals surface area contributed by atoms with Crippen molar-refractivity contribution in [2.75, 3.05) is 5.32 Å². The van der Waals surface area contributed by atoms with Gasteiger partial charge < -0.3 is 5.32 Å². The van der Waals surface area contributed by atoms with E-state index < -0.39 is 0 Å². The summed E-state index contributed by atoms with van der Waals surface area (Å²) < 4.78 is 1.80. The number of hydrogen-bond acceptors (Lipinski definition) is 3. The first-order valence-corrected chi connectivity index (χ1v) is 10.1. The molecule has 0 aliphatic heterocycles. The van der Waals surface area contributed by atoms with Crippen LogP contribution in [0.15, 0.2) is 66.9 Å². The summed E-state index contributed by atoms with van der Waals surface area (Å²) in [5.41, 5.74) is 4.94. The molecular weight excluding hydrogens is 372 g/mol. The summed E-state index contributed by atoms with van der Waals surface area (Å²) in [6.07, 6.45) is 1.79. The molecule has 5 heteroatoms. The topological polar surface area (TPSA) is 59.8 Å². The maximum absolute atomic E-state index is 13.4. The van der Waals surface area contributed by atoms with Crippen molar-refractivity contribution in [1.29, 1.82) is 0 Å². The molecule has 152 valence electrons. The highest BCUT2D eigenvalue weighted by atomic mass is 16.2. The second-order valence-corrected chi connectivity index (χ2v) is 8.60. The highest BCUT2D eigenvalue weighted by Gasteiger charge is 2.23. The fraction of sp³-hybridized carbons (Fsp3) is 0.240. The molecule has 4 rings (SSSR count). The van der Waals surface area contributed by atoms with Gasteiger partial charge in [0.05, 0.1) is 23.4 Å². The minimum atomic E-state index is -0.173. The number of amides is 1. The van der Waals surface area contributed by atoms with Crippen molar-refractivity contribution in [1.82, 2.24) is 14.8 Å². The number of nitrogens with zero attached hydrogens (tertiary/aromatic N) is 3. The smallest absolute Gasteiger partial charge is 0.273 e. The summed E-state index contributed by atoms with van der Waals surface area (Å²) in [5.74, 6) is -0.173. The molecule has 30 heavy (non-hydrogen) atoms. The van der Waals surface area contributed by atoms with Crippen molar-refractivity contribution < 1.29 is 4.79 Å². The Bertz CT molecular complexity index is 1200. The van der Waals surface area contributed by atoms with E-state index in [-0.39, 0.29) is 11.3 Å². The van der Waals surface area contributed by atoms with Gasteiger partial charge in [0.15, 0.2) is 0 Å². The lowest BCUT2D eigenvalue weighted by Crippen LogP contribution is -2.19. The molecule has 1 amide bonds. The third-order valence-electron chi connectivity index (χ3n) is 5.16. The molecule has 0 atom stereocenters. The summed E-state index contributed by atoms with van der Waals surface area (Å²) in [6.45, 7) is 8.80. The number of nitrogens with one attached hydrogen (secondary N) is 1. The predicted octanol–water partition coefficient (Wildman–Crippen LogP) is 5.34. The first-order valence-electron chi connectivity index (χ1n) is 10.1. The minimum Gasteiger partial charge on any atom is -0.320 e. The molecule has 5 nitrogen and oxygen atoms in total. The summed E-state index contributed by atoms with van der Waals surface area (Å²) in [6, 6.07) is 19.8. The summed E-state index contributed by atoms with van der Waals surface area (Å²) in [5, 5.41) is 8.82. The molecular formula is C25H26N4O. The number of para-hydroxylation sites is 1. The fourth-order valence-corrected chi connectivity index (χ4v) is 3.43. The Morgan fingerprint density at radius 1 is 1.03 bits per heavy atom. The fourth-order valence-electron chi connectivity index (χ4n) is 3.43. The molecule has 0 fully saturated rings. The summed E-state index contributed by atoms with van der Waals surface area (Å²) in [7, 11) is 0. The van der Waals surface area contributed by atoms with Gasteiger partial charge in [0, 0.05) is 17.0 Å². The Balaban J connectivity index is 1.74. The Kier molecular flexibility index (Phi) is 5.12. The lowest BCUT2D eigenvalue weighted by Gasteiger charge is -2.14. The standard InChI is InChI=1S/C25H26N4O/c1-17-15-26-20-13-9-8-12-19(20)23(17)27-24(30)21-14-22(25(2,3)4)28-29(21)16-18-10-6-5-7-11-18/h5-15H,16H2,1-4H3,(H,26,27,30). The summed E-state index contributed by atoms with van der Waals surface area (Å²) >= 11 is 0. The molecule has 0 saturated heterocycles. The van der Waals surface area contributed by atoms with Crippen molar-refractivity contribution in [2.45, 2.75) is 39.7 Å². The number of carbonyl (C=O) groups excluding carboxylic acids is 1. The SMILES string of the molecule is Cc1cnc2ccccc2c1NC(=O)c1cc(C(C)(C)C)nn1Cc1ccccc1. The number of fused-ring (bicyclic) bond motifs is 1. The van der Waals surface area contributed by atoms with Gasteiger partial charge in [-0.05, 0) is 30.2 Å². The number of carbonyl (C=O) groups is 1. The van der Waals surface area contributed by atoms with Gasteiger partial charge in [0.1, 0.15) is 5.69 Å². The van der Waals surface area contributed by atoms with E-state index in [0.29, 0.717) is 12.2 Å². The van der Waals surface area contributed by atoms with Crippen LogP contribution in [0.1, 0.15) is 48.1 Å². The van der Waals surface area contributed by atoms with E-state index in [2.05, 4.69) is 31.1 Å². The van der Waals surface area contributed by atoms with Gasteiger partial charge in [-0.25, -0.2) is 0 Å². The van der Waals surface area contributed by atoms with Gasteiger partial charge in [-0.3, -0.25) is 14.5 Å². The molecule has 0 aliphatic rings. The second-order valence-electron chi connectivity index (χ2n) is 8.60. The van der Waals surface area contributed by atoms with Gasteiger partial charge in [-0.1, -0.05) is 69.3 Å². The largest absolute Gasteiger partial charge is 0.320 e. The highest BCUT2D eigenvalue weighted by molar-refractivity contribution is 6.08. The van der Waals surface area contributed by atoms with E-state index in [4.69, 9.17) is 5.10 Å². The molecule has 0 unspecified atom stereocenters. The Hall–Kier alpha value is -3.47. The Labute approximate surface area is 176 Å². The molecule has 1 N–H and O–H groups in total. The predicted molar refractivity (Wildman–Crippen MR) is 121 cm³/mol. The lowest BCUT2D eigenvalue weighted by molar-refractivity contribution is 0.101. The second kappa shape index (κ2) is 7.75. The number of rotatable bonds is 4. The maximum atomic E-state index is 13.4. The van der Waals surface area contributed by atoms with Crippen molar-refractivity contribution >= 4 is 22.5 Å². The molecule has 2 aromatic heterocycles. The van der Waals surface area contributed by atoms with Crippen LogP contribution in [0.4, 0.5) is 5.69 Å². The van der Waals surface area contributed by atoms with Gasteiger partial charge in [0.25, 0.3) is 5.91 Å². The average molecular weight is 399 g/mol. The van der Waals surface area contributed by atoms with Gasteiger partial charge in [-0.15, -0.1) is 0 Å². The zero-order valence-electron chi connectivity index (χ0n) is 17.8. The molecule has 4 aromatic rings. The molecule has 0 bridgehead atoms. The minimum absolute atomic E-state index is 0.156. The van der Waals surface area contributed by atoms with Crippen LogP contribution in [-0.2, 0) is 12.0 Å². The molecule has 0 radical (unpaired) electrons. The number of hydrogen-bond donors (Lipinski definition) is 1. The van der Waals surface area contributed by atoms with Gasteiger partial charge in [0.2, 0.25) is 0 Å². The average Bonchev–Trinajstić information content (AvgIpc) is 3.15. The van der Waals surface area contributed by atoms with Crippen LogP contribution in [0, 0.1) is 6.92 Å². The molecule has 2 heterocycles. The number of pyridine rings is 1. The highest BCUT2D eigenvalue weighted by Crippen LogP contribution is 2.27. The van der Waals surface area contributed by atoms with Crippen LogP contribution in [-0.4, -0.2) is 20.7 Å². The van der Waals surface area contributed by atoms with E-state index in [1.54, 1.807) is 10.9 Å². The van der Waals surface area contributed by atoms with Crippen LogP contribution < -0.4 is 5.32 Å². The Morgan fingerprint density at radius 2 is 1.73 bits per heavy atom. The van der Waals surface area contributed by atoms with Crippen LogP contribution in [0.2, 0.25) is 0 Å². The molecule has 0 aliphatic carbocycles. The number of benzene rings is 2. The Morgan fingerprint density at radius 3 is 2.47 bits per heavy atom. The zero-order chi connectivity index (χ0) is 21.3. The maximum Gasteiger partial charge on any atom is 0.273 e.